The zero-order valence-electron chi connectivity index (χ0n) is 11.8. The number of nitriles is 1. The average molecular weight is 326 g/mol. The highest BCUT2D eigenvalue weighted by Gasteiger charge is 2.06. The largest absolute Gasteiger partial charge is 0.308 e. The summed E-state index contributed by atoms with van der Waals surface area (Å²) in [6.07, 6.45) is 2.79. The monoisotopic (exact) mass is 326 g/mol. The van der Waals surface area contributed by atoms with Gasteiger partial charge in [-0.15, -0.1) is 21.5 Å². The van der Waals surface area contributed by atoms with E-state index < -0.39 is 0 Å². The molecule has 0 fully saturated rings. The van der Waals surface area contributed by atoms with Crippen molar-refractivity contribution < 1.29 is 0 Å². The van der Waals surface area contributed by atoms with Gasteiger partial charge in [0, 0.05) is 17.2 Å². The summed E-state index contributed by atoms with van der Waals surface area (Å²) in [6.45, 7) is 0.892. The number of aryl methyl sites for hydroxylation is 2. The van der Waals surface area contributed by atoms with Gasteiger partial charge < -0.3 is 4.57 Å². The standard InChI is InChI=1S/C16H14N4S2/c17-10-13-3-5-14(6-4-13)11-22-16-19-18-12-20(16)8-7-15-2-1-9-21-15/h1-6,9,12H,7-8,11H2. The second-order valence-corrected chi connectivity index (χ2v) is 6.71. The third-order valence-electron chi connectivity index (χ3n) is 3.21. The molecule has 110 valence electrons. The molecule has 3 aromatic rings. The van der Waals surface area contributed by atoms with Crippen molar-refractivity contribution in [3.63, 3.8) is 0 Å². The first-order valence-electron chi connectivity index (χ1n) is 6.87. The Bertz CT molecular complexity index is 754. The molecule has 0 unspecified atom stereocenters. The Labute approximate surface area is 137 Å². The molecule has 0 aliphatic carbocycles. The molecule has 0 radical (unpaired) electrons. The van der Waals surface area contributed by atoms with Crippen molar-refractivity contribution in [2.45, 2.75) is 23.9 Å². The fraction of sp³-hybridized carbons (Fsp3) is 0.188. The molecule has 3 rings (SSSR count). The van der Waals surface area contributed by atoms with Crippen LogP contribution in [-0.2, 0) is 18.7 Å². The predicted molar refractivity (Wildman–Crippen MR) is 88.8 cm³/mol. The Kier molecular flexibility index (Phi) is 4.88. The molecule has 0 amide bonds. The average Bonchev–Trinajstić information content (AvgIpc) is 3.23. The molecule has 22 heavy (non-hydrogen) atoms. The highest BCUT2D eigenvalue weighted by Crippen LogP contribution is 2.21. The van der Waals surface area contributed by atoms with Crippen LogP contribution in [0.2, 0.25) is 0 Å². The van der Waals surface area contributed by atoms with Gasteiger partial charge in [0.1, 0.15) is 6.33 Å². The Hall–Kier alpha value is -2.10. The Morgan fingerprint density at radius 3 is 2.82 bits per heavy atom. The first-order chi connectivity index (χ1) is 10.8. The van der Waals surface area contributed by atoms with Gasteiger partial charge in [-0.25, -0.2) is 0 Å². The fourth-order valence-corrected chi connectivity index (χ4v) is 3.61. The van der Waals surface area contributed by atoms with E-state index in [1.807, 2.05) is 24.3 Å². The lowest BCUT2D eigenvalue weighted by Gasteiger charge is -2.05. The van der Waals surface area contributed by atoms with Crippen molar-refractivity contribution >= 4 is 23.1 Å². The number of hydrogen-bond donors (Lipinski definition) is 0. The third-order valence-corrected chi connectivity index (χ3v) is 5.20. The van der Waals surface area contributed by atoms with Gasteiger partial charge in [-0.3, -0.25) is 0 Å². The zero-order valence-corrected chi connectivity index (χ0v) is 13.5. The van der Waals surface area contributed by atoms with Crippen LogP contribution in [0, 0.1) is 11.3 Å². The Morgan fingerprint density at radius 2 is 2.09 bits per heavy atom. The van der Waals surface area contributed by atoms with Crippen molar-refractivity contribution in [2.24, 2.45) is 0 Å². The molecule has 4 nitrogen and oxygen atoms in total. The summed E-state index contributed by atoms with van der Waals surface area (Å²) in [5.74, 6) is 0.823. The van der Waals surface area contributed by atoms with Gasteiger partial charge in [0.05, 0.1) is 11.6 Å². The molecular formula is C16H14N4S2. The summed E-state index contributed by atoms with van der Waals surface area (Å²) in [4.78, 5) is 1.37. The molecule has 0 saturated heterocycles. The molecule has 2 aromatic heterocycles. The highest BCUT2D eigenvalue weighted by atomic mass is 32.2. The quantitative estimate of drug-likeness (QED) is 0.647. The molecule has 2 heterocycles. The maximum atomic E-state index is 8.81. The molecule has 0 aliphatic rings. The van der Waals surface area contributed by atoms with Crippen LogP contribution in [0.5, 0.6) is 0 Å². The summed E-state index contributed by atoms with van der Waals surface area (Å²) in [5.41, 5.74) is 1.87. The van der Waals surface area contributed by atoms with Crippen molar-refractivity contribution in [3.05, 3.63) is 64.1 Å². The molecule has 0 N–H and O–H groups in total. The van der Waals surface area contributed by atoms with Crippen molar-refractivity contribution in [2.75, 3.05) is 0 Å². The molecule has 1 aromatic carbocycles. The minimum Gasteiger partial charge on any atom is -0.308 e. The van der Waals surface area contributed by atoms with E-state index in [0.717, 1.165) is 23.9 Å². The van der Waals surface area contributed by atoms with Crippen LogP contribution in [0.15, 0.2) is 53.3 Å². The van der Waals surface area contributed by atoms with E-state index in [2.05, 4.69) is 38.3 Å². The molecule has 0 bridgehead atoms. The fourth-order valence-electron chi connectivity index (χ4n) is 2.02. The smallest absolute Gasteiger partial charge is 0.191 e. The van der Waals surface area contributed by atoms with E-state index in [1.54, 1.807) is 29.4 Å². The Morgan fingerprint density at radius 1 is 1.23 bits per heavy atom. The molecule has 0 spiro atoms. The number of nitrogens with zero attached hydrogens (tertiary/aromatic N) is 4. The van der Waals surface area contributed by atoms with E-state index in [9.17, 15) is 0 Å². The van der Waals surface area contributed by atoms with E-state index >= 15 is 0 Å². The van der Waals surface area contributed by atoms with Gasteiger partial charge >= 0.3 is 0 Å². The normalized spacial score (nSPS) is 10.5. The summed E-state index contributed by atoms with van der Waals surface area (Å²) >= 11 is 3.44. The van der Waals surface area contributed by atoms with E-state index in [1.165, 1.54) is 10.4 Å². The second kappa shape index (κ2) is 7.25. The molecule has 0 aliphatic heterocycles. The highest BCUT2D eigenvalue weighted by molar-refractivity contribution is 7.98. The van der Waals surface area contributed by atoms with Crippen LogP contribution in [-0.4, -0.2) is 14.8 Å². The molecule has 0 atom stereocenters. The number of benzene rings is 1. The first kappa shape index (κ1) is 14.8. The van der Waals surface area contributed by atoms with Crippen LogP contribution in [0.25, 0.3) is 0 Å². The first-order valence-corrected chi connectivity index (χ1v) is 8.74. The lowest BCUT2D eigenvalue weighted by molar-refractivity contribution is 0.637. The maximum absolute atomic E-state index is 8.81. The SMILES string of the molecule is N#Cc1ccc(CSc2nncn2CCc2cccs2)cc1. The van der Waals surface area contributed by atoms with E-state index in [4.69, 9.17) is 5.26 Å². The molecule has 0 saturated carbocycles. The van der Waals surface area contributed by atoms with E-state index in [-0.39, 0.29) is 0 Å². The van der Waals surface area contributed by atoms with Crippen LogP contribution in [0.4, 0.5) is 0 Å². The van der Waals surface area contributed by atoms with Crippen molar-refractivity contribution in [1.82, 2.24) is 14.8 Å². The number of rotatable bonds is 6. The van der Waals surface area contributed by atoms with Crippen LogP contribution in [0.1, 0.15) is 16.0 Å². The summed E-state index contributed by atoms with van der Waals surface area (Å²) in [6, 6.07) is 14.0. The number of aromatic nitrogens is 3. The molecule has 6 heteroatoms. The summed E-state index contributed by atoms with van der Waals surface area (Å²) in [5, 5.41) is 20.0. The number of hydrogen-bond acceptors (Lipinski definition) is 5. The lowest BCUT2D eigenvalue weighted by atomic mass is 10.2. The topological polar surface area (TPSA) is 54.5 Å². The third kappa shape index (κ3) is 3.75. The van der Waals surface area contributed by atoms with Gasteiger partial charge in [-0.2, -0.15) is 5.26 Å². The lowest BCUT2D eigenvalue weighted by Crippen LogP contribution is -2.01. The van der Waals surface area contributed by atoms with Gasteiger partial charge in [0.25, 0.3) is 0 Å². The van der Waals surface area contributed by atoms with E-state index in [0.29, 0.717) is 5.56 Å². The van der Waals surface area contributed by atoms with Gasteiger partial charge in [0.15, 0.2) is 5.16 Å². The van der Waals surface area contributed by atoms with Crippen molar-refractivity contribution in [1.29, 1.82) is 5.26 Å². The number of thiophene rings is 1. The minimum absolute atomic E-state index is 0.688. The van der Waals surface area contributed by atoms with Gasteiger partial charge in [-0.05, 0) is 35.6 Å². The maximum Gasteiger partial charge on any atom is 0.191 e. The second-order valence-electron chi connectivity index (χ2n) is 4.73. The number of thioether (sulfide) groups is 1. The van der Waals surface area contributed by atoms with Crippen molar-refractivity contribution in [3.8, 4) is 6.07 Å². The Balaban J connectivity index is 1.58. The summed E-state index contributed by atoms with van der Waals surface area (Å²) in [7, 11) is 0. The van der Waals surface area contributed by atoms with Crippen LogP contribution in [0.3, 0.4) is 0 Å². The van der Waals surface area contributed by atoms with Crippen LogP contribution < -0.4 is 0 Å². The summed E-state index contributed by atoms with van der Waals surface area (Å²) < 4.78 is 2.09. The molecular weight excluding hydrogens is 312 g/mol. The van der Waals surface area contributed by atoms with Crippen LogP contribution >= 0.6 is 23.1 Å². The predicted octanol–water partition coefficient (Wildman–Crippen LogP) is 3.75. The minimum atomic E-state index is 0.688. The van der Waals surface area contributed by atoms with Gasteiger partial charge in [0.2, 0.25) is 0 Å². The zero-order chi connectivity index (χ0) is 15.2. The van der Waals surface area contributed by atoms with Gasteiger partial charge in [-0.1, -0.05) is 30.0 Å².